The molecule has 1 aliphatic heterocycles. The molecular weight excluding hydrogens is 241 g/mol. The topological polar surface area (TPSA) is 77.9 Å². The van der Waals surface area contributed by atoms with Gasteiger partial charge in [0.2, 0.25) is 11.8 Å². The first-order chi connectivity index (χ1) is 7.94. The minimum Gasteiger partial charge on any atom is -0.386 e. The van der Waals surface area contributed by atoms with Crippen LogP contribution >= 0.6 is 0 Å². The normalized spacial score (nSPS) is 14.5. The van der Waals surface area contributed by atoms with Gasteiger partial charge in [0, 0.05) is 13.1 Å². The van der Waals surface area contributed by atoms with Crippen molar-refractivity contribution in [2.75, 3.05) is 5.32 Å². The Morgan fingerprint density at radius 3 is 2.76 bits per heavy atom. The quantitative estimate of drug-likeness (QED) is 0.833. The van der Waals surface area contributed by atoms with E-state index in [9.17, 15) is 13.2 Å². The summed E-state index contributed by atoms with van der Waals surface area (Å²) >= 11 is 0. The van der Waals surface area contributed by atoms with Gasteiger partial charge in [0.15, 0.2) is 0 Å². The summed E-state index contributed by atoms with van der Waals surface area (Å²) in [5.74, 6) is -0.161. The summed E-state index contributed by atoms with van der Waals surface area (Å²) in [6.07, 6.45) is -3.57. The van der Waals surface area contributed by atoms with Gasteiger partial charge in [-0.25, -0.2) is 4.68 Å². The van der Waals surface area contributed by atoms with Crippen LogP contribution < -0.4 is 15.4 Å². The van der Waals surface area contributed by atoms with Gasteiger partial charge in [-0.1, -0.05) is 0 Å². The molecule has 2 rings (SSSR count). The van der Waals surface area contributed by atoms with Gasteiger partial charge in [-0.05, 0) is 0 Å². The van der Waals surface area contributed by atoms with Crippen molar-refractivity contribution in [2.45, 2.75) is 6.36 Å². The minimum atomic E-state index is -4.77. The predicted octanol–water partition coefficient (Wildman–Crippen LogP) is 0.648. The molecule has 0 atom stereocenters. The van der Waals surface area contributed by atoms with Crippen LogP contribution in [-0.4, -0.2) is 28.4 Å². The molecule has 0 aliphatic carbocycles. The molecule has 0 bridgehead atoms. The number of hydrogen-bond donors (Lipinski definition) is 1. The molecule has 10 heteroatoms. The largest absolute Gasteiger partial charge is 0.574 e. The van der Waals surface area contributed by atoms with E-state index in [2.05, 4.69) is 30.7 Å². The van der Waals surface area contributed by atoms with Crippen LogP contribution in [0.3, 0.4) is 0 Å². The van der Waals surface area contributed by atoms with Gasteiger partial charge in [-0.3, -0.25) is 0 Å². The Bertz CT molecular complexity index is 476. The van der Waals surface area contributed by atoms with E-state index in [-0.39, 0.29) is 11.8 Å². The molecule has 0 unspecified atom stereocenters. The lowest BCUT2D eigenvalue weighted by atomic mass is 10.6. The molecule has 0 saturated carbocycles. The Hall–Kier alpha value is -2.26. The van der Waals surface area contributed by atoms with E-state index < -0.39 is 12.2 Å². The number of alkyl halides is 3. The molecule has 1 aromatic heterocycles. The van der Waals surface area contributed by atoms with Crippen molar-refractivity contribution in [2.24, 2.45) is 17.3 Å². The molecule has 0 amide bonds. The maximum atomic E-state index is 11.9. The zero-order valence-electron chi connectivity index (χ0n) is 8.43. The second-order valence-electron chi connectivity index (χ2n) is 2.95. The monoisotopic (exact) mass is 247 g/mol. The molecule has 2 heterocycles. The highest BCUT2D eigenvalue weighted by Gasteiger charge is 2.32. The van der Waals surface area contributed by atoms with Gasteiger partial charge in [-0.15, -0.1) is 28.5 Å². The first-order valence-electron chi connectivity index (χ1n) is 4.31. The molecule has 0 spiro atoms. The van der Waals surface area contributed by atoms with Crippen LogP contribution in [0.5, 0.6) is 5.88 Å². The number of nitrogens with zero attached hydrogens (tertiary/aromatic N) is 5. The molecule has 91 valence electrons. The number of anilines is 1. The highest BCUT2D eigenvalue weighted by Crippen LogP contribution is 2.23. The van der Waals surface area contributed by atoms with Crippen LogP contribution in [0, 0.1) is 0 Å². The van der Waals surface area contributed by atoms with Crippen molar-refractivity contribution in [3.8, 4) is 5.88 Å². The number of halogens is 3. The van der Waals surface area contributed by atoms with Crippen molar-refractivity contribution in [1.82, 2.24) is 15.1 Å². The average Bonchev–Trinajstić information content (AvgIpc) is 2.75. The van der Waals surface area contributed by atoms with Crippen molar-refractivity contribution >= 4 is 18.1 Å². The van der Waals surface area contributed by atoms with Crippen LogP contribution in [0.1, 0.15) is 0 Å². The molecule has 0 fully saturated rings. The van der Waals surface area contributed by atoms with E-state index in [1.807, 2.05) is 0 Å². The minimum absolute atomic E-state index is 0.159. The van der Waals surface area contributed by atoms with Gasteiger partial charge in [0.25, 0.3) is 0 Å². The highest BCUT2D eigenvalue weighted by molar-refractivity contribution is 6.01. The zero-order chi connectivity index (χ0) is 12.5. The summed E-state index contributed by atoms with van der Waals surface area (Å²) in [5, 5.41) is 16.8. The number of rotatable bonds is 2. The first kappa shape index (κ1) is 11.2. The summed E-state index contributed by atoms with van der Waals surface area (Å²) in [4.78, 5) is 0. The van der Waals surface area contributed by atoms with E-state index in [1.54, 1.807) is 0 Å². The van der Waals surface area contributed by atoms with E-state index in [0.29, 0.717) is 0 Å². The standard InChI is InChI=1S/C7H6F3N6O/c1-16-4(13-6-11-3-12-14-6)2-5(15-16)17-7(8,9)10/h2-3H,1H3,(H,13,14). The van der Waals surface area contributed by atoms with Crippen LogP contribution in [0.25, 0.3) is 0 Å². The number of hydrogen-bond acceptors (Lipinski definition) is 5. The van der Waals surface area contributed by atoms with Crippen LogP contribution in [-0.2, 0) is 7.05 Å². The molecule has 0 aromatic carbocycles. The fourth-order valence-corrected chi connectivity index (χ4v) is 1.09. The maximum absolute atomic E-state index is 11.9. The molecule has 7 nitrogen and oxygen atoms in total. The maximum Gasteiger partial charge on any atom is 0.574 e. The third kappa shape index (κ3) is 2.86. The third-order valence-electron chi connectivity index (χ3n) is 1.70. The molecule has 17 heavy (non-hydrogen) atoms. The number of guanidine groups is 1. The lowest BCUT2D eigenvalue weighted by Crippen LogP contribution is -2.21. The van der Waals surface area contributed by atoms with Gasteiger partial charge in [-0.2, -0.15) is 5.32 Å². The van der Waals surface area contributed by atoms with Gasteiger partial charge in [0.05, 0.1) is 0 Å². The number of ether oxygens (including phenoxy) is 1. The van der Waals surface area contributed by atoms with Crippen LogP contribution in [0.2, 0.25) is 0 Å². The summed E-state index contributed by atoms with van der Waals surface area (Å²) in [6, 6.07) is 1.07. The Kier molecular flexibility index (Phi) is 2.61. The smallest absolute Gasteiger partial charge is 0.386 e. The summed E-state index contributed by atoms with van der Waals surface area (Å²) in [7, 11) is 1.45. The number of aryl methyl sites for hydroxylation is 1. The van der Waals surface area contributed by atoms with Crippen LogP contribution in [0.4, 0.5) is 19.0 Å². The van der Waals surface area contributed by atoms with Crippen molar-refractivity contribution < 1.29 is 17.9 Å². The molecule has 1 aromatic rings. The van der Waals surface area contributed by atoms with E-state index in [4.69, 9.17) is 0 Å². The Morgan fingerprint density at radius 1 is 1.41 bits per heavy atom. The predicted molar refractivity (Wildman–Crippen MR) is 51.6 cm³/mol. The summed E-state index contributed by atoms with van der Waals surface area (Å²) in [5.41, 5.74) is 0. The first-order valence-corrected chi connectivity index (χ1v) is 4.31. The second-order valence-corrected chi connectivity index (χ2v) is 2.95. The molecule has 0 saturated heterocycles. The van der Waals surface area contributed by atoms with Crippen molar-refractivity contribution in [3.63, 3.8) is 0 Å². The van der Waals surface area contributed by atoms with Crippen molar-refractivity contribution in [3.05, 3.63) is 6.07 Å². The van der Waals surface area contributed by atoms with Gasteiger partial charge < -0.3 is 10.1 Å². The van der Waals surface area contributed by atoms with E-state index in [1.165, 1.54) is 13.4 Å². The van der Waals surface area contributed by atoms with Gasteiger partial charge >= 0.3 is 6.36 Å². The lowest BCUT2D eigenvalue weighted by Gasteiger charge is -2.03. The fourth-order valence-electron chi connectivity index (χ4n) is 1.09. The fraction of sp³-hybridized carbons (Fsp3) is 0.286. The van der Waals surface area contributed by atoms with E-state index in [0.717, 1.165) is 10.7 Å². The second kappa shape index (κ2) is 3.96. The Labute approximate surface area is 93.0 Å². The number of aromatic nitrogens is 2. The Balaban J connectivity index is 2.08. The molecule has 1 radical (unpaired) electrons. The lowest BCUT2D eigenvalue weighted by molar-refractivity contribution is -0.276. The molecule has 1 N–H and O–H groups in total. The average molecular weight is 247 g/mol. The SMILES string of the molecule is Cn1nc(OC(F)(F)F)cc1NC1=NN=C[N]1. The van der Waals surface area contributed by atoms with E-state index >= 15 is 0 Å². The van der Waals surface area contributed by atoms with Crippen LogP contribution in [0.15, 0.2) is 16.3 Å². The summed E-state index contributed by atoms with van der Waals surface area (Å²) in [6.45, 7) is 0. The molecule has 1 aliphatic rings. The molecular formula is C7H6F3N6O. The van der Waals surface area contributed by atoms with Crippen molar-refractivity contribution in [1.29, 1.82) is 0 Å². The number of nitrogens with one attached hydrogen (secondary N) is 1. The zero-order valence-corrected chi connectivity index (χ0v) is 8.43. The summed E-state index contributed by atoms with van der Waals surface area (Å²) < 4.78 is 40.6. The Morgan fingerprint density at radius 2 is 2.18 bits per heavy atom. The third-order valence-corrected chi connectivity index (χ3v) is 1.70. The highest BCUT2D eigenvalue weighted by atomic mass is 19.4. The van der Waals surface area contributed by atoms with Gasteiger partial charge in [0.1, 0.15) is 12.2 Å².